The summed E-state index contributed by atoms with van der Waals surface area (Å²) in [7, 11) is 0. The molecule has 0 aromatic heterocycles. The van der Waals surface area contributed by atoms with Crippen LogP contribution in [0.1, 0.15) is 50.2 Å². The van der Waals surface area contributed by atoms with Crippen molar-refractivity contribution in [2.24, 2.45) is 11.8 Å². The van der Waals surface area contributed by atoms with Crippen LogP contribution < -0.4 is 10.6 Å². The smallest absolute Gasteiger partial charge is 0.407 e. The molecule has 2 amide bonds. The lowest BCUT2D eigenvalue weighted by molar-refractivity contribution is -0.143. The molecule has 35 heavy (non-hydrogen) atoms. The van der Waals surface area contributed by atoms with E-state index < -0.39 is 30.6 Å². The molecule has 0 saturated carbocycles. The lowest BCUT2D eigenvalue weighted by Gasteiger charge is -2.21. The van der Waals surface area contributed by atoms with Gasteiger partial charge in [0.15, 0.2) is 0 Å². The predicted molar refractivity (Wildman–Crippen MR) is 132 cm³/mol. The van der Waals surface area contributed by atoms with Crippen molar-refractivity contribution in [1.29, 1.82) is 0 Å². The maximum atomic E-state index is 12.4. The summed E-state index contributed by atoms with van der Waals surface area (Å²) in [6.45, 7) is 4.10. The fourth-order valence-electron chi connectivity index (χ4n) is 4.59. The molecule has 0 saturated heterocycles. The Labute approximate surface area is 205 Å². The van der Waals surface area contributed by atoms with Crippen molar-refractivity contribution in [3.05, 3.63) is 59.7 Å². The molecule has 0 fully saturated rings. The molecular formula is C27H34N2O6. The molecule has 0 radical (unpaired) electrons. The van der Waals surface area contributed by atoms with Crippen LogP contribution in [0.3, 0.4) is 0 Å². The Kier molecular flexibility index (Phi) is 9.25. The number of fused-ring (bicyclic) bond motifs is 3. The zero-order valence-corrected chi connectivity index (χ0v) is 20.2. The van der Waals surface area contributed by atoms with Gasteiger partial charge >= 0.3 is 12.1 Å². The molecule has 0 heterocycles. The molecule has 4 N–H and O–H groups in total. The Morgan fingerprint density at radius 3 is 2.11 bits per heavy atom. The van der Waals surface area contributed by atoms with E-state index in [1.165, 1.54) is 11.1 Å². The van der Waals surface area contributed by atoms with Crippen LogP contribution >= 0.6 is 0 Å². The van der Waals surface area contributed by atoms with Crippen LogP contribution in [-0.2, 0) is 14.3 Å². The van der Waals surface area contributed by atoms with E-state index in [-0.39, 0.29) is 30.8 Å². The van der Waals surface area contributed by atoms with Gasteiger partial charge in [-0.3, -0.25) is 4.79 Å². The lowest BCUT2D eigenvalue weighted by Crippen LogP contribution is -2.43. The number of hydrogen-bond acceptors (Lipinski definition) is 5. The SMILES string of the molecule is CC(C)C(CCNC(=O)OCC1c2ccccc2-c2ccccc21)CCC(=O)NC(CO)C(=O)O. The third kappa shape index (κ3) is 6.82. The number of nitrogens with one attached hydrogen (secondary N) is 2. The Balaban J connectivity index is 1.44. The maximum Gasteiger partial charge on any atom is 0.407 e. The Hall–Kier alpha value is -3.39. The number of amides is 2. The number of rotatable bonds is 12. The second-order valence-electron chi connectivity index (χ2n) is 9.22. The van der Waals surface area contributed by atoms with Crippen LogP contribution in [0.2, 0.25) is 0 Å². The maximum absolute atomic E-state index is 12.4. The van der Waals surface area contributed by atoms with E-state index in [0.29, 0.717) is 19.4 Å². The van der Waals surface area contributed by atoms with Crippen LogP contribution in [0.5, 0.6) is 0 Å². The van der Waals surface area contributed by atoms with E-state index in [9.17, 15) is 14.4 Å². The van der Waals surface area contributed by atoms with Crippen molar-refractivity contribution in [2.75, 3.05) is 19.8 Å². The van der Waals surface area contributed by atoms with E-state index >= 15 is 0 Å². The van der Waals surface area contributed by atoms with Gasteiger partial charge in [0.25, 0.3) is 0 Å². The van der Waals surface area contributed by atoms with Crippen molar-refractivity contribution >= 4 is 18.0 Å². The van der Waals surface area contributed by atoms with Gasteiger partial charge in [-0.1, -0.05) is 62.4 Å². The number of alkyl carbamates (subject to hydrolysis) is 1. The minimum absolute atomic E-state index is 0.00336. The monoisotopic (exact) mass is 482 g/mol. The van der Waals surface area contributed by atoms with Crippen LogP contribution in [0, 0.1) is 11.8 Å². The number of benzene rings is 2. The molecular weight excluding hydrogens is 448 g/mol. The highest BCUT2D eigenvalue weighted by Gasteiger charge is 2.29. The first-order chi connectivity index (χ1) is 16.8. The average Bonchev–Trinajstić information content (AvgIpc) is 3.16. The third-order valence-corrected chi connectivity index (χ3v) is 6.63. The largest absolute Gasteiger partial charge is 0.480 e. The topological polar surface area (TPSA) is 125 Å². The summed E-state index contributed by atoms with van der Waals surface area (Å²) < 4.78 is 5.57. The minimum Gasteiger partial charge on any atom is -0.480 e. The fraction of sp³-hybridized carbons (Fsp3) is 0.444. The molecule has 1 aliphatic carbocycles. The molecule has 8 heteroatoms. The summed E-state index contributed by atoms with van der Waals surface area (Å²) in [5.41, 5.74) is 4.67. The average molecular weight is 483 g/mol. The lowest BCUT2D eigenvalue weighted by atomic mass is 9.88. The van der Waals surface area contributed by atoms with Gasteiger partial charge in [0.05, 0.1) is 6.61 Å². The summed E-state index contributed by atoms with van der Waals surface area (Å²) in [6, 6.07) is 15.0. The Morgan fingerprint density at radius 2 is 1.57 bits per heavy atom. The van der Waals surface area contributed by atoms with Crippen molar-refractivity contribution in [2.45, 2.75) is 45.1 Å². The van der Waals surface area contributed by atoms with Crippen LogP contribution in [0.15, 0.2) is 48.5 Å². The summed E-state index contributed by atoms with van der Waals surface area (Å²) in [5.74, 6) is -1.24. The van der Waals surface area contributed by atoms with Crippen LogP contribution in [-0.4, -0.2) is 54.0 Å². The number of carboxylic acid groups (broad SMARTS) is 1. The number of ether oxygens (including phenoxy) is 1. The molecule has 0 aliphatic heterocycles. The van der Waals surface area contributed by atoms with E-state index in [0.717, 1.165) is 11.1 Å². The summed E-state index contributed by atoms with van der Waals surface area (Å²) in [4.78, 5) is 35.4. The predicted octanol–water partition coefficient (Wildman–Crippen LogP) is 3.53. The zero-order chi connectivity index (χ0) is 25.4. The number of aliphatic carboxylic acids is 1. The molecule has 2 atom stereocenters. The highest BCUT2D eigenvalue weighted by molar-refractivity contribution is 5.83. The van der Waals surface area contributed by atoms with Crippen molar-refractivity contribution in [1.82, 2.24) is 10.6 Å². The van der Waals surface area contributed by atoms with Gasteiger partial charge in [-0.05, 0) is 46.9 Å². The molecule has 8 nitrogen and oxygen atoms in total. The van der Waals surface area contributed by atoms with Crippen LogP contribution in [0.25, 0.3) is 11.1 Å². The molecule has 2 unspecified atom stereocenters. The van der Waals surface area contributed by atoms with Crippen LogP contribution in [0.4, 0.5) is 4.79 Å². The molecule has 1 aliphatic rings. The van der Waals surface area contributed by atoms with E-state index in [4.69, 9.17) is 14.9 Å². The molecule has 0 bridgehead atoms. The van der Waals surface area contributed by atoms with Crippen molar-refractivity contribution in [3.8, 4) is 11.1 Å². The summed E-state index contributed by atoms with van der Waals surface area (Å²) in [6.07, 6.45) is 0.891. The Bertz CT molecular complexity index is 992. The molecule has 2 aromatic rings. The normalized spacial score (nSPS) is 14.1. The van der Waals surface area contributed by atoms with Gasteiger partial charge in [-0.2, -0.15) is 0 Å². The number of hydrogen-bond donors (Lipinski definition) is 4. The zero-order valence-electron chi connectivity index (χ0n) is 20.2. The second-order valence-corrected chi connectivity index (χ2v) is 9.22. The number of aliphatic hydroxyl groups excluding tert-OH is 1. The van der Waals surface area contributed by atoms with Gasteiger partial charge in [-0.25, -0.2) is 9.59 Å². The van der Waals surface area contributed by atoms with Crippen molar-refractivity contribution in [3.63, 3.8) is 0 Å². The van der Waals surface area contributed by atoms with Gasteiger partial charge < -0.3 is 25.6 Å². The fourth-order valence-corrected chi connectivity index (χ4v) is 4.59. The molecule has 3 rings (SSSR count). The molecule has 0 spiro atoms. The van der Waals surface area contributed by atoms with Crippen molar-refractivity contribution < 1.29 is 29.3 Å². The number of aliphatic hydroxyl groups is 1. The summed E-state index contributed by atoms with van der Waals surface area (Å²) >= 11 is 0. The molecule has 188 valence electrons. The second kappa shape index (κ2) is 12.4. The highest BCUT2D eigenvalue weighted by Crippen LogP contribution is 2.44. The quantitative estimate of drug-likeness (QED) is 0.367. The standard InChI is InChI=1S/C27H34N2O6/c1-17(2)18(11-12-25(31)29-24(15-30)26(32)33)13-14-28-27(34)35-16-23-21-9-5-3-7-19(21)20-8-4-6-10-22(20)23/h3-10,17-18,23-24,30H,11-16H2,1-2H3,(H,28,34)(H,29,31)(H,32,33). The van der Waals surface area contributed by atoms with Gasteiger partial charge in [0.2, 0.25) is 5.91 Å². The third-order valence-electron chi connectivity index (χ3n) is 6.63. The number of carbonyl (C=O) groups is 3. The summed E-state index contributed by atoms with van der Waals surface area (Å²) in [5, 5.41) is 23.1. The van der Waals surface area contributed by atoms with E-state index in [2.05, 4.69) is 34.9 Å². The first-order valence-corrected chi connectivity index (χ1v) is 12.0. The first-order valence-electron chi connectivity index (χ1n) is 12.0. The van der Waals surface area contributed by atoms with Gasteiger partial charge in [0, 0.05) is 18.9 Å². The first kappa shape index (κ1) is 26.2. The number of carboxylic acids is 1. The number of carbonyl (C=O) groups excluding carboxylic acids is 2. The van der Waals surface area contributed by atoms with E-state index in [1.54, 1.807) is 0 Å². The minimum atomic E-state index is -1.30. The highest BCUT2D eigenvalue weighted by atomic mass is 16.5. The van der Waals surface area contributed by atoms with Gasteiger partial charge in [0.1, 0.15) is 12.6 Å². The van der Waals surface area contributed by atoms with Gasteiger partial charge in [-0.15, -0.1) is 0 Å². The van der Waals surface area contributed by atoms with E-state index in [1.807, 2.05) is 38.1 Å². The molecule has 2 aromatic carbocycles. The Morgan fingerprint density at radius 1 is 0.971 bits per heavy atom.